The fraction of sp³-hybridized carbons (Fsp3) is 0.750. The molecule has 3 nitrogen and oxygen atoms in total. The molecule has 0 aromatic carbocycles. The van der Waals surface area contributed by atoms with Crippen LogP contribution in [0.25, 0.3) is 0 Å². The summed E-state index contributed by atoms with van der Waals surface area (Å²) in [5.41, 5.74) is 0. The number of likely N-dealkylation sites (tertiary alicyclic amines) is 1. The molecule has 0 amide bonds. The molecule has 1 saturated heterocycles. The summed E-state index contributed by atoms with van der Waals surface area (Å²) in [7, 11) is 1.41. The normalized spacial score (nSPS) is 23.6. The van der Waals surface area contributed by atoms with E-state index in [0.717, 1.165) is 13.0 Å². The third kappa shape index (κ3) is 3.67. The first-order valence-electron chi connectivity index (χ1n) is 5.67. The molecule has 1 rings (SSSR count). The quantitative estimate of drug-likeness (QED) is 0.528. The van der Waals surface area contributed by atoms with E-state index in [-0.39, 0.29) is 5.97 Å². The molecule has 0 N–H and O–H groups in total. The fourth-order valence-corrected chi connectivity index (χ4v) is 2.09. The monoisotopic (exact) mass is 211 g/mol. The number of hydrogen-bond acceptors (Lipinski definition) is 3. The summed E-state index contributed by atoms with van der Waals surface area (Å²) >= 11 is 0. The number of ether oxygens (including phenoxy) is 1. The molecule has 1 fully saturated rings. The zero-order valence-electron chi connectivity index (χ0n) is 9.90. The predicted molar refractivity (Wildman–Crippen MR) is 60.6 cm³/mol. The molecule has 1 atom stereocenters. The number of piperidine rings is 1. The first-order valence-corrected chi connectivity index (χ1v) is 5.67. The molecule has 1 aliphatic rings. The number of hydrogen-bond donors (Lipinski definition) is 0. The summed E-state index contributed by atoms with van der Waals surface area (Å²) < 4.78 is 4.59. The SMILES string of the molecule is COC(=O)/C=C\C1CCCCN1C(C)C. The van der Waals surface area contributed by atoms with Gasteiger partial charge in [-0.3, -0.25) is 4.90 Å². The summed E-state index contributed by atoms with van der Waals surface area (Å²) in [5.74, 6) is -0.260. The Hall–Kier alpha value is -0.830. The first kappa shape index (κ1) is 12.2. The molecule has 0 aliphatic carbocycles. The van der Waals surface area contributed by atoms with E-state index in [4.69, 9.17) is 0 Å². The molecule has 0 saturated carbocycles. The van der Waals surface area contributed by atoms with E-state index in [2.05, 4.69) is 23.5 Å². The second-order valence-corrected chi connectivity index (χ2v) is 4.28. The summed E-state index contributed by atoms with van der Waals surface area (Å²) in [5, 5.41) is 0. The highest BCUT2D eigenvalue weighted by Gasteiger charge is 2.22. The third-order valence-corrected chi connectivity index (χ3v) is 2.91. The fourth-order valence-electron chi connectivity index (χ4n) is 2.09. The van der Waals surface area contributed by atoms with Crippen molar-refractivity contribution >= 4 is 5.97 Å². The topological polar surface area (TPSA) is 29.5 Å². The molecule has 0 bridgehead atoms. The lowest BCUT2D eigenvalue weighted by atomic mass is 10.00. The van der Waals surface area contributed by atoms with Gasteiger partial charge in [0.05, 0.1) is 7.11 Å². The molecule has 15 heavy (non-hydrogen) atoms. The van der Waals surface area contributed by atoms with Gasteiger partial charge in [0, 0.05) is 18.2 Å². The highest BCUT2D eigenvalue weighted by atomic mass is 16.5. The van der Waals surface area contributed by atoms with Gasteiger partial charge in [0.2, 0.25) is 0 Å². The number of rotatable bonds is 3. The molecular weight excluding hydrogens is 190 g/mol. The largest absolute Gasteiger partial charge is 0.466 e. The van der Waals surface area contributed by atoms with Crippen LogP contribution in [-0.4, -0.2) is 36.6 Å². The Morgan fingerprint density at radius 1 is 1.47 bits per heavy atom. The highest BCUT2D eigenvalue weighted by Crippen LogP contribution is 2.20. The lowest BCUT2D eigenvalue weighted by Crippen LogP contribution is -2.42. The van der Waals surface area contributed by atoms with E-state index in [1.165, 1.54) is 20.0 Å². The third-order valence-electron chi connectivity index (χ3n) is 2.91. The molecular formula is C12H21NO2. The Balaban J connectivity index is 2.56. The number of esters is 1. The number of carbonyl (C=O) groups is 1. The molecule has 1 aliphatic heterocycles. The molecule has 3 heteroatoms. The van der Waals surface area contributed by atoms with Crippen LogP contribution in [0.4, 0.5) is 0 Å². The van der Waals surface area contributed by atoms with Crippen molar-refractivity contribution in [2.75, 3.05) is 13.7 Å². The van der Waals surface area contributed by atoms with Crippen molar-refractivity contribution in [1.29, 1.82) is 0 Å². The Morgan fingerprint density at radius 2 is 2.20 bits per heavy atom. The lowest BCUT2D eigenvalue weighted by molar-refractivity contribution is -0.134. The van der Waals surface area contributed by atoms with Gasteiger partial charge in [-0.2, -0.15) is 0 Å². The van der Waals surface area contributed by atoms with E-state index in [1.807, 2.05) is 6.08 Å². The van der Waals surface area contributed by atoms with Crippen LogP contribution in [-0.2, 0) is 9.53 Å². The molecule has 0 radical (unpaired) electrons. The summed E-state index contributed by atoms with van der Waals surface area (Å²) in [6.45, 7) is 5.53. The van der Waals surface area contributed by atoms with Gasteiger partial charge in [-0.25, -0.2) is 4.79 Å². The van der Waals surface area contributed by atoms with Gasteiger partial charge in [-0.05, 0) is 33.2 Å². The number of carbonyl (C=O) groups excluding carboxylic acids is 1. The number of nitrogens with zero attached hydrogens (tertiary/aromatic N) is 1. The van der Waals surface area contributed by atoms with E-state index in [0.29, 0.717) is 12.1 Å². The molecule has 1 heterocycles. The van der Waals surface area contributed by atoms with Gasteiger partial charge in [0.25, 0.3) is 0 Å². The lowest BCUT2D eigenvalue weighted by Gasteiger charge is -2.36. The first-order chi connectivity index (χ1) is 7.15. The van der Waals surface area contributed by atoms with Crippen LogP contribution < -0.4 is 0 Å². The summed E-state index contributed by atoms with van der Waals surface area (Å²) in [6, 6.07) is 0.940. The molecule has 0 spiro atoms. The van der Waals surface area contributed by atoms with Crippen molar-refractivity contribution in [3.05, 3.63) is 12.2 Å². The van der Waals surface area contributed by atoms with E-state index >= 15 is 0 Å². The van der Waals surface area contributed by atoms with E-state index < -0.39 is 0 Å². The van der Waals surface area contributed by atoms with Crippen LogP contribution in [0.15, 0.2) is 12.2 Å². The van der Waals surface area contributed by atoms with E-state index in [9.17, 15) is 4.79 Å². The molecule has 0 aromatic rings. The maximum absolute atomic E-state index is 11.0. The molecule has 86 valence electrons. The Kier molecular flexibility index (Phi) is 4.82. The van der Waals surface area contributed by atoms with Crippen molar-refractivity contribution in [2.45, 2.75) is 45.2 Å². The van der Waals surface area contributed by atoms with Crippen LogP contribution in [0.3, 0.4) is 0 Å². The average Bonchev–Trinajstić information content (AvgIpc) is 2.26. The minimum Gasteiger partial charge on any atom is -0.466 e. The van der Waals surface area contributed by atoms with Gasteiger partial charge in [0.1, 0.15) is 0 Å². The second kappa shape index (κ2) is 5.91. The minimum atomic E-state index is -0.260. The average molecular weight is 211 g/mol. The Labute approximate surface area is 92.1 Å². The van der Waals surface area contributed by atoms with Crippen LogP contribution in [0.2, 0.25) is 0 Å². The van der Waals surface area contributed by atoms with Gasteiger partial charge in [-0.15, -0.1) is 0 Å². The zero-order chi connectivity index (χ0) is 11.3. The maximum Gasteiger partial charge on any atom is 0.330 e. The summed E-state index contributed by atoms with van der Waals surface area (Å²) in [4.78, 5) is 13.4. The van der Waals surface area contributed by atoms with Crippen LogP contribution in [0.1, 0.15) is 33.1 Å². The zero-order valence-corrected chi connectivity index (χ0v) is 9.90. The van der Waals surface area contributed by atoms with E-state index in [1.54, 1.807) is 6.08 Å². The minimum absolute atomic E-state index is 0.260. The van der Waals surface area contributed by atoms with Gasteiger partial charge >= 0.3 is 5.97 Å². The number of methoxy groups -OCH3 is 1. The highest BCUT2D eigenvalue weighted by molar-refractivity contribution is 5.81. The van der Waals surface area contributed by atoms with Crippen molar-refractivity contribution in [3.63, 3.8) is 0 Å². The smallest absolute Gasteiger partial charge is 0.330 e. The Bertz CT molecular complexity index is 236. The van der Waals surface area contributed by atoms with Crippen molar-refractivity contribution in [2.24, 2.45) is 0 Å². The van der Waals surface area contributed by atoms with Crippen LogP contribution in [0.5, 0.6) is 0 Å². The van der Waals surface area contributed by atoms with Crippen molar-refractivity contribution in [3.8, 4) is 0 Å². The molecule has 0 aromatic heterocycles. The van der Waals surface area contributed by atoms with Gasteiger partial charge in [-0.1, -0.05) is 12.5 Å². The second-order valence-electron chi connectivity index (χ2n) is 4.28. The van der Waals surface area contributed by atoms with Gasteiger partial charge < -0.3 is 4.74 Å². The maximum atomic E-state index is 11.0. The molecule has 1 unspecified atom stereocenters. The predicted octanol–water partition coefficient (Wildman–Crippen LogP) is 1.98. The summed E-state index contributed by atoms with van der Waals surface area (Å²) in [6.07, 6.45) is 7.18. The van der Waals surface area contributed by atoms with Crippen molar-refractivity contribution < 1.29 is 9.53 Å². The van der Waals surface area contributed by atoms with Crippen molar-refractivity contribution in [1.82, 2.24) is 4.90 Å². The van der Waals surface area contributed by atoms with Crippen LogP contribution >= 0.6 is 0 Å². The Morgan fingerprint density at radius 3 is 2.80 bits per heavy atom. The standard InChI is InChI=1S/C12H21NO2/c1-10(2)13-9-5-4-6-11(13)7-8-12(14)15-3/h7-8,10-11H,4-6,9H2,1-3H3/b8-7-. The van der Waals surface area contributed by atoms with Crippen LogP contribution in [0, 0.1) is 0 Å². The van der Waals surface area contributed by atoms with Gasteiger partial charge in [0.15, 0.2) is 0 Å².